The van der Waals surface area contributed by atoms with Crippen LogP contribution in [0.5, 0.6) is 5.75 Å². The number of carbonyl (C=O) groups is 2. The predicted molar refractivity (Wildman–Crippen MR) is 95.0 cm³/mol. The van der Waals surface area contributed by atoms with Crippen molar-refractivity contribution in [1.29, 1.82) is 0 Å². The fourth-order valence-corrected chi connectivity index (χ4v) is 2.49. The van der Waals surface area contributed by atoms with E-state index in [0.29, 0.717) is 25.1 Å². The van der Waals surface area contributed by atoms with Crippen molar-refractivity contribution in [2.24, 2.45) is 0 Å². The SMILES string of the molecule is COc1ccc(CCNC(=O)COC(=O)CCc2c(C)noc2C)cc1. The number of rotatable bonds is 9. The van der Waals surface area contributed by atoms with Crippen molar-refractivity contribution in [1.82, 2.24) is 10.5 Å². The Bertz CT molecular complexity index is 717. The van der Waals surface area contributed by atoms with E-state index in [2.05, 4.69) is 10.5 Å². The quantitative estimate of drug-likeness (QED) is 0.689. The van der Waals surface area contributed by atoms with Crippen LogP contribution in [-0.2, 0) is 27.2 Å². The summed E-state index contributed by atoms with van der Waals surface area (Å²) in [4.78, 5) is 23.5. The van der Waals surface area contributed by atoms with Gasteiger partial charge in [0, 0.05) is 18.5 Å². The molecule has 0 aliphatic carbocycles. The van der Waals surface area contributed by atoms with E-state index in [1.807, 2.05) is 31.2 Å². The van der Waals surface area contributed by atoms with E-state index in [0.717, 1.165) is 22.6 Å². The summed E-state index contributed by atoms with van der Waals surface area (Å²) < 4.78 is 15.1. The van der Waals surface area contributed by atoms with E-state index >= 15 is 0 Å². The third kappa shape index (κ3) is 5.91. The summed E-state index contributed by atoms with van der Waals surface area (Å²) in [5, 5.41) is 6.57. The van der Waals surface area contributed by atoms with Gasteiger partial charge in [-0.05, 0) is 44.4 Å². The van der Waals surface area contributed by atoms with Crippen molar-refractivity contribution < 1.29 is 23.6 Å². The molecule has 2 rings (SSSR count). The zero-order chi connectivity index (χ0) is 18.9. The van der Waals surface area contributed by atoms with Crippen molar-refractivity contribution in [3.8, 4) is 5.75 Å². The zero-order valence-electron chi connectivity index (χ0n) is 15.3. The molecule has 0 bridgehead atoms. The first-order chi connectivity index (χ1) is 12.5. The van der Waals surface area contributed by atoms with E-state index in [-0.39, 0.29) is 18.9 Å². The Labute approximate surface area is 152 Å². The van der Waals surface area contributed by atoms with Gasteiger partial charge in [0.15, 0.2) is 6.61 Å². The van der Waals surface area contributed by atoms with Gasteiger partial charge in [-0.25, -0.2) is 0 Å². The first kappa shape index (κ1) is 19.5. The number of methoxy groups -OCH3 is 1. The molecule has 26 heavy (non-hydrogen) atoms. The van der Waals surface area contributed by atoms with Crippen LogP contribution in [0.25, 0.3) is 0 Å². The molecular weight excluding hydrogens is 336 g/mol. The van der Waals surface area contributed by atoms with Crippen LogP contribution in [0.4, 0.5) is 0 Å². The van der Waals surface area contributed by atoms with Gasteiger partial charge in [-0.15, -0.1) is 0 Å². The van der Waals surface area contributed by atoms with Gasteiger partial charge in [-0.1, -0.05) is 17.3 Å². The second-order valence-corrected chi connectivity index (χ2v) is 5.91. The van der Waals surface area contributed by atoms with Gasteiger partial charge in [0.1, 0.15) is 11.5 Å². The Balaban J connectivity index is 1.62. The maximum Gasteiger partial charge on any atom is 0.306 e. The highest BCUT2D eigenvalue weighted by molar-refractivity contribution is 5.80. The number of amides is 1. The minimum atomic E-state index is -0.421. The van der Waals surface area contributed by atoms with Crippen molar-refractivity contribution in [2.45, 2.75) is 33.1 Å². The second kappa shape index (κ2) is 9.60. The third-order valence-electron chi connectivity index (χ3n) is 4.02. The van der Waals surface area contributed by atoms with Crippen LogP contribution < -0.4 is 10.1 Å². The van der Waals surface area contributed by atoms with Crippen LogP contribution in [0.2, 0.25) is 0 Å². The summed E-state index contributed by atoms with van der Waals surface area (Å²) >= 11 is 0. The van der Waals surface area contributed by atoms with Crippen LogP contribution in [0.1, 0.15) is 29.0 Å². The molecule has 0 unspecified atom stereocenters. The normalized spacial score (nSPS) is 10.4. The number of aromatic nitrogens is 1. The summed E-state index contributed by atoms with van der Waals surface area (Å²) in [7, 11) is 1.62. The van der Waals surface area contributed by atoms with E-state index < -0.39 is 5.97 Å². The maximum absolute atomic E-state index is 11.8. The molecule has 0 saturated carbocycles. The minimum absolute atomic E-state index is 0.183. The number of carbonyl (C=O) groups excluding carboxylic acids is 2. The largest absolute Gasteiger partial charge is 0.497 e. The molecule has 1 aromatic heterocycles. The molecule has 1 aromatic carbocycles. The number of esters is 1. The fourth-order valence-electron chi connectivity index (χ4n) is 2.49. The number of hydrogen-bond donors (Lipinski definition) is 1. The third-order valence-corrected chi connectivity index (χ3v) is 4.02. The first-order valence-electron chi connectivity index (χ1n) is 8.46. The summed E-state index contributed by atoms with van der Waals surface area (Å²) in [5.74, 6) is 0.757. The van der Waals surface area contributed by atoms with Crippen LogP contribution >= 0.6 is 0 Å². The van der Waals surface area contributed by atoms with Crippen LogP contribution in [0.15, 0.2) is 28.8 Å². The number of aryl methyl sites for hydroxylation is 2. The number of nitrogens with zero attached hydrogens (tertiary/aromatic N) is 1. The standard InChI is InChI=1S/C19H24N2O5/c1-13-17(14(2)26-21-13)8-9-19(23)25-12-18(22)20-11-10-15-4-6-16(24-3)7-5-15/h4-7H,8-12H2,1-3H3,(H,20,22). The lowest BCUT2D eigenvalue weighted by Crippen LogP contribution is -2.30. The lowest BCUT2D eigenvalue weighted by atomic mass is 10.1. The average Bonchev–Trinajstić information content (AvgIpc) is 2.96. The molecule has 1 heterocycles. The molecule has 0 fully saturated rings. The van der Waals surface area contributed by atoms with Gasteiger partial charge < -0.3 is 19.3 Å². The van der Waals surface area contributed by atoms with Crippen molar-refractivity contribution >= 4 is 11.9 Å². The first-order valence-corrected chi connectivity index (χ1v) is 8.46. The minimum Gasteiger partial charge on any atom is -0.497 e. The van der Waals surface area contributed by atoms with E-state index in [9.17, 15) is 9.59 Å². The van der Waals surface area contributed by atoms with Crippen molar-refractivity contribution in [2.75, 3.05) is 20.3 Å². The van der Waals surface area contributed by atoms with Gasteiger partial charge in [0.05, 0.1) is 12.8 Å². The molecule has 0 atom stereocenters. The van der Waals surface area contributed by atoms with Crippen LogP contribution in [0.3, 0.4) is 0 Å². The maximum atomic E-state index is 11.8. The molecule has 0 saturated heterocycles. The second-order valence-electron chi connectivity index (χ2n) is 5.91. The van der Waals surface area contributed by atoms with Gasteiger partial charge in [-0.2, -0.15) is 0 Å². The zero-order valence-corrected chi connectivity index (χ0v) is 15.3. The number of benzene rings is 1. The lowest BCUT2D eigenvalue weighted by Gasteiger charge is -2.07. The Morgan fingerprint density at radius 1 is 1.15 bits per heavy atom. The Morgan fingerprint density at radius 2 is 1.88 bits per heavy atom. The Kier molecular flexibility index (Phi) is 7.20. The van der Waals surface area contributed by atoms with E-state index in [1.165, 1.54) is 0 Å². The smallest absolute Gasteiger partial charge is 0.306 e. The highest BCUT2D eigenvalue weighted by atomic mass is 16.5. The molecule has 0 radical (unpaired) electrons. The molecule has 1 amide bonds. The highest BCUT2D eigenvalue weighted by Crippen LogP contribution is 2.14. The number of nitrogens with one attached hydrogen (secondary N) is 1. The van der Waals surface area contributed by atoms with E-state index in [1.54, 1.807) is 14.0 Å². The molecule has 2 aromatic rings. The molecule has 7 heteroatoms. The molecular formula is C19H24N2O5. The Hall–Kier alpha value is -2.83. The van der Waals surface area contributed by atoms with Gasteiger partial charge in [-0.3, -0.25) is 9.59 Å². The molecule has 0 spiro atoms. The Morgan fingerprint density at radius 3 is 2.50 bits per heavy atom. The van der Waals surface area contributed by atoms with Gasteiger partial charge >= 0.3 is 5.97 Å². The average molecular weight is 360 g/mol. The molecule has 7 nitrogen and oxygen atoms in total. The van der Waals surface area contributed by atoms with Crippen molar-refractivity contribution in [3.05, 3.63) is 46.8 Å². The topological polar surface area (TPSA) is 90.7 Å². The molecule has 0 aliphatic heterocycles. The van der Waals surface area contributed by atoms with Crippen molar-refractivity contribution in [3.63, 3.8) is 0 Å². The van der Waals surface area contributed by atoms with Gasteiger partial charge in [0.2, 0.25) is 0 Å². The molecule has 140 valence electrons. The number of hydrogen-bond acceptors (Lipinski definition) is 6. The highest BCUT2D eigenvalue weighted by Gasteiger charge is 2.13. The summed E-state index contributed by atoms with van der Waals surface area (Å²) in [6, 6.07) is 7.63. The molecule has 1 N–H and O–H groups in total. The van der Waals surface area contributed by atoms with Gasteiger partial charge in [0.25, 0.3) is 5.91 Å². The summed E-state index contributed by atoms with van der Waals surface area (Å²) in [6.07, 6.45) is 1.36. The van der Waals surface area contributed by atoms with Crippen LogP contribution in [-0.4, -0.2) is 37.3 Å². The van der Waals surface area contributed by atoms with Crippen LogP contribution in [0, 0.1) is 13.8 Å². The fraction of sp³-hybridized carbons (Fsp3) is 0.421. The number of ether oxygens (including phenoxy) is 2. The summed E-state index contributed by atoms with van der Waals surface area (Å²) in [5.41, 5.74) is 2.76. The monoisotopic (exact) mass is 360 g/mol. The lowest BCUT2D eigenvalue weighted by molar-refractivity contribution is -0.148. The molecule has 0 aliphatic rings. The predicted octanol–water partition coefficient (Wildman–Crippen LogP) is 2.13. The summed E-state index contributed by atoms with van der Waals surface area (Å²) in [6.45, 7) is 3.83. The van der Waals surface area contributed by atoms with E-state index in [4.69, 9.17) is 14.0 Å².